The van der Waals surface area contributed by atoms with Crippen LogP contribution in [0.1, 0.15) is 33.6 Å². The van der Waals surface area contributed by atoms with Gasteiger partial charge in [0.25, 0.3) is 5.91 Å². The second kappa shape index (κ2) is 9.05. The second-order valence-electron chi connectivity index (χ2n) is 7.26. The van der Waals surface area contributed by atoms with Gasteiger partial charge < -0.3 is 10.2 Å². The van der Waals surface area contributed by atoms with Crippen LogP contribution < -0.4 is 5.32 Å². The number of carbonyl (C=O) groups excluding carboxylic acids is 2. The van der Waals surface area contributed by atoms with Crippen LogP contribution in [0.5, 0.6) is 0 Å². The first-order valence-electron chi connectivity index (χ1n) is 9.85. The highest BCUT2D eigenvalue weighted by Crippen LogP contribution is 2.21. The monoisotopic (exact) mass is 408 g/mol. The first-order chi connectivity index (χ1) is 14.2. The summed E-state index contributed by atoms with van der Waals surface area (Å²) in [6.45, 7) is 2.35. The van der Waals surface area contributed by atoms with Crippen molar-refractivity contribution < 1.29 is 9.59 Å². The van der Waals surface area contributed by atoms with E-state index in [0.29, 0.717) is 26.2 Å². The van der Waals surface area contributed by atoms with Crippen LogP contribution in [0.15, 0.2) is 60.2 Å². The number of thiophene rings is 1. The predicted octanol–water partition coefficient (Wildman–Crippen LogP) is 3.16. The molecule has 2 amide bonds. The van der Waals surface area contributed by atoms with Crippen LogP contribution >= 0.6 is 11.3 Å². The highest BCUT2D eigenvalue weighted by Gasteiger charge is 2.29. The third kappa shape index (κ3) is 4.74. The zero-order chi connectivity index (χ0) is 20.1. The Morgan fingerprint density at radius 1 is 1.14 bits per heavy atom. The first kappa shape index (κ1) is 19.4. The van der Waals surface area contributed by atoms with Crippen LogP contribution in [0, 0.1) is 5.92 Å². The molecular formula is C22H24N4O2S. The summed E-state index contributed by atoms with van der Waals surface area (Å²) in [5.41, 5.74) is 2.22. The fourth-order valence-electron chi connectivity index (χ4n) is 3.71. The highest BCUT2D eigenvalue weighted by molar-refractivity contribution is 7.12. The van der Waals surface area contributed by atoms with Crippen molar-refractivity contribution in [2.24, 2.45) is 5.92 Å². The van der Waals surface area contributed by atoms with Gasteiger partial charge in [0.2, 0.25) is 5.91 Å². The van der Waals surface area contributed by atoms with Gasteiger partial charge in [0.1, 0.15) is 0 Å². The Bertz CT molecular complexity index is 953. The van der Waals surface area contributed by atoms with Gasteiger partial charge in [-0.15, -0.1) is 11.3 Å². The number of aromatic nitrogens is 2. The van der Waals surface area contributed by atoms with Crippen LogP contribution in [-0.2, 0) is 17.9 Å². The topological polar surface area (TPSA) is 67.2 Å². The number of likely N-dealkylation sites (tertiary alicyclic amines) is 1. The summed E-state index contributed by atoms with van der Waals surface area (Å²) in [7, 11) is 0. The van der Waals surface area contributed by atoms with E-state index in [9.17, 15) is 9.59 Å². The van der Waals surface area contributed by atoms with Crippen molar-refractivity contribution in [1.82, 2.24) is 20.0 Å². The van der Waals surface area contributed by atoms with Crippen molar-refractivity contribution in [3.63, 3.8) is 0 Å². The normalized spacial score (nSPS) is 16.6. The van der Waals surface area contributed by atoms with E-state index in [1.54, 1.807) is 6.20 Å². The first-order valence-corrected chi connectivity index (χ1v) is 10.7. The quantitative estimate of drug-likeness (QED) is 0.681. The summed E-state index contributed by atoms with van der Waals surface area (Å²) < 4.78 is 1.87. The molecule has 1 saturated heterocycles. The molecule has 1 N–H and O–H groups in total. The van der Waals surface area contributed by atoms with Gasteiger partial charge in [-0.1, -0.05) is 30.3 Å². The Hall–Kier alpha value is -2.93. The van der Waals surface area contributed by atoms with Crippen molar-refractivity contribution >= 4 is 23.2 Å². The van der Waals surface area contributed by atoms with Gasteiger partial charge in [0, 0.05) is 32.0 Å². The summed E-state index contributed by atoms with van der Waals surface area (Å²) in [5.74, 6) is -0.115. The lowest BCUT2D eigenvalue weighted by molar-refractivity contribution is -0.126. The molecule has 0 aliphatic carbocycles. The Labute approximate surface area is 174 Å². The Balaban J connectivity index is 1.36. The average Bonchev–Trinajstić information content (AvgIpc) is 3.47. The maximum absolute atomic E-state index is 12.8. The van der Waals surface area contributed by atoms with Crippen LogP contribution in [0.4, 0.5) is 0 Å². The summed E-state index contributed by atoms with van der Waals surface area (Å²) in [4.78, 5) is 27.9. The van der Waals surface area contributed by atoms with Crippen LogP contribution in [-0.4, -0.2) is 39.6 Å². The minimum Gasteiger partial charge on any atom is -0.352 e. The van der Waals surface area contributed by atoms with Crippen molar-refractivity contribution in [3.8, 4) is 0 Å². The molecule has 0 saturated carbocycles. The molecule has 3 aromatic rings. The molecule has 4 rings (SSSR count). The van der Waals surface area contributed by atoms with E-state index in [-0.39, 0.29) is 17.7 Å². The lowest BCUT2D eigenvalue weighted by Crippen LogP contribution is -2.45. The molecule has 150 valence electrons. The van der Waals surface area contributed by atoms with E-state index in [1.165, 1.54) is 11.3 Å². The van der Waals surface area contributed by atoms with Crippen molar-refractivity contribution in [3.05, 3.63) is 76.2 Å². The zero-order valence-corrected chi connectivity index (χ0v) is 17.0. The molecule has 0 spiro atoms. The maximum atomic E-state index is 12.8. The Kier molecular flexibility index (Phi) is 6.05. The Morgan fingerprint density at radius 3 is 2.76 bits per heavy atom. The number of hydrogen-bond acceptors (Lipinski definition) is 4. The zero-order valence-electron chi connectivity index (χ0n) is 16.2. The fraction of sp³-hybridized carbons (Fsp3) is 0.318. The van der Waals surface area contributed by atoms with Gasteiger partial charge in [0.05, 0.1) is 17.3 Å². The van der Waals surface area contributed by atoms with Crippen molar-refractivity contribution in [1.29, 1.82) is 0 Å². The molecule has 0 radical (unpaired) electrons. The van der Waals surface area contributed by atoms with Crippen LogP contribution in [0.2, 0.25) is 0 Å². The van der Waals surface area contributed by atoms with Gasteiger partial charge in [-0.25, -0.2) is 0 Å². The molecule has 6 nitrogen and oxygen atoms in total. The summed E-state index contributed by atoms with van der Waals surface area (Å²) in [6.07, 6.45) is 5.35. The van der Waals surface area contributed by atoms with E-state index in [1.807, 2.05) is 57.6 Å². The van der Waals surface area contributed by atoms with Gasteiger partial charge in [-0.3, -0.25) is 14.3 Å². The average molecular weight is 409 g/mol. The minimum atomic E-state index is -0.161. The van der Waals surface area contributed by atoms with E-state index in [4.69, 9.17) is 0 Å². The number of carbonyl (C=O) groups is 2. The summed E-state index contributed by atoms with van der Waals surface area (Å²) >= 11 is 1.45. The lowest BCUT2D eigenvalue weighted by atomic mass is 9.96. The molecule has 1 aromatic carbocycles. The van der Waals surface area contributed by atoms with Gasteiger partial charge in [-0.2, -0.15) is 5.10 Å². The van der Waals surface area contributed by atoms with Crippen molar-refractivity contribution in [2.75, 3.05) is 13.1 Å². The van der Waals surface area contributed by atoms with E-state index in [0.717, 1.165) is 28.8 Å². The maximum Gasteiger partial charge on any atom is 0.263 e. The number of piperidine rings is 1. The number of benzene rings is 1. The SMILES string of the molecule is O=C(NCc1ccccc1Cn1cccn1)C1CCCN(C(=O)c2cccs2)C1. The molecule has 1 aliphatic rings. The largest absolute Gasteiger partial charge is 0.352 e. The van der Waals surface area contributed by atoms with Gasteiger partial charge >= 0.3 is 0 Å². The molecule has 1 aliphatic heterocycles. The third-order valence-electron chi connectivity index (χ3n) is 5.27. The molecule has 1 fully saturated rings. The Morgan fingerprint density at radius 2 is 2.00 bits per heavy atom. The van der Waals surface area contributed by atoms with Gasteiger partial charge in [-0.05, 0) is 41.5 Å². The number of nitrogens with one attached hydrogen (secondary N) is 1. The highest BCUT2D eigenvalue weighted by atomic mass is 32.1. The molecular weight excluding hydrogens is 384 g/mol. The fourth-order valence-corrected chi connectivity index (χ4v) is 4.40. The van der Waals surface area contributed by atoms with E-state index < -0.39 is 0 Å². The summed E-state index contributed by atoms with van der Waals surface area (Å²) in [5, 5.41) is 9.24. The van der Waals surface area contributed by atoms with Gasteiger partial charge in [0.15, 0.2) is 0 Å². The number of nitrogens with zero attached hydrogens (tertiary/aromatic N) is 3. The molecule has 1 atom stereocenters. The number of hydrogen-bond donors (Lipinski definition) is 1. The molecule has 3 heterocycles. The number of rotatable bonds is 6. The molecule has 2 aromatic heterocycles. The van der Waals surface area contributed by atoms with E-state index >= 15 is 0 Å². The summed E-state index contributed by atoms with van der Waals surface area (Å²) in [6, 6.07) is 13.7. The molecule has 29 heavy (non-hydrogen) atoms. The second-order valence-corrected chi connectivity index (χ2v) is 8.21. The van der Waals surface area contributed by atoms with E-state index in [2.05, 4.69) is 16.5 Å². The minimum absolute atomic E-state index is 0.0163. The standard InChI is InChI=1S/C22H24N4O2S/c27-21(19-8-3-11-25(15-19)22(28)20-9-4-13-29-20)23-14-17-6-1-2-7-18(17)16-26-12-5-10-24-26/h1-2,4-7,9-10,12-13,19H,3,8,11,14-16H2,(H,23,27). The van der Waals surface area contributed by atoms with Crippen LogP contribution in [0.3, 0.4) is 0 Å². The van der Waals surface area contributed by atoms with Crippen LogP contribution in [0.25, 0.3) is 0 Å². The third-order valence-corrected chi connectivity index (χ3v) is 6.13. The lowest BCUT2D eigenvalue weighted by Gasteiger charge is -2.31. The molecule has 7 heteroatoms. The molecule has 0 bridgehead atoms. The van der Waals surface area contributed by atoms with Crippen molar-refractivity contribution in [2.45, 2.75) is 25.9 Å². The molecule has 1 unspecified atom stereocenters. The number of amides is 2. The predicted molar refractivity (Wildman–Crippen MR) is 113 cm³/mol. The smallest absolute Gasteiger partial charge is 0.263 e.